The second-order valence-electron chi connectivity index (χ2n) is 10.2. The van der Waals surface area contributed by atoms with Crippen molar-refractivity contribution in [3.8, 4) is 11.1 Å². The number of halogens is 1. The van der Waals surface area contributed by atoms with Crippen molar-refractivity contribution in [2.45, 2.75) is 19.5 Å². The molecule has 0 fully saturated rings. The Morgan fingerprint density at radius 3 is 2.27 bits per heavy atom. The number of nitrogens with zero attached hydrogens (tertiary/aromatic N) is 3. The molecule has 0 spiro atoms. The van der Waals surface area contributed by atoms with Crippen LogP contribution in [-0.4, -0.2) is 14.1 Å². The summed E-state index contributed by atoms with van der Waals surface area (Å²) in [6.45, 7) is 2.84. The van der Waals surface area contributed by atoms with Crippen LogP contribution in [0.4, 0.5) is 0 Å². The lowest BCUT2D eigenvalue weighted by Crippen LogP contribution is -2.22. The first-order valence-electron chi connectivity index (χ1n) is 13.5. The minimum absolute atomic E-state index is 0.00958. The maximum atomic E-state index is 12.8. The summed E-state index contributed by atoms with van der Waals surface area (Å²) in [4.78, 5) is 16.5. The summed E-state index contributed by atoms with van der Waals surface area (Å²) in [5.74, 6) is 0. The van der Waals surface area contributed by atoms with Crippen molar-refractivity contribution in [1.29, 1.82) is 0 Å². The Labute approximate surface area is 245 Å². The molecule has 6 aromatic rings. The highest BCUT2D eigenvalue weighted by atomic mass is 35.5. The van der Waals surface area contributed by atoms with E-state index in [0.29, 0.717) is 5.02 Å². The summed E-state index contributed by atoms with van der Waals surface area (Å²) >= 11 is 6.30. The van der Waals surface area contributed by atoms with Crippen LogP contribution in [0.15, 0.2) is 127 Å². The molecule has 2 aromatic heterocycles. The van der Waals surface area contributed by atoms with Gasteiger partial charge in [-0.25, -0.2) is 4.98 Å². The number of nitrogens with one attached hydrogen (secondary N) is 1. The molecular weight excluding hydrogens is 528 g/mol. The van der Waals surface area contributed by atoms with Crippen LogP contribution in [0, 0.1) is 6.92 Å². The van der Waals surface area contributed by atoms with Crippen molar-refractivity contribution in [2.75, 3.05) is 0 Å². The number of hydrogen-bond acceptors (Lipinski definition) is 3. The van der Waals surface area contributed by atoms with Gasteiger partial charge in [0.05, 0.1) is 17.9 Å². The van der Waals surface area contributed by atoms with Crippen molar-refractivity contribution < 1.29 is 0 Å². The standard InChI is InChI=1S/C31H27ClN2O.C4H6N2/c1-21-11-13-23(14-12-21)31(33-20-22-7-4-3-5-8-22)25-15-16-29-28(18-25)27(19-30(35)34(29)2)24-9-6-10-26(32)17-24;1-6-3-2-5-4-6/h3-19,31,33H,20H2,1-2H3;2-4H,1H3/t31-;/m1./s1. The lowest BCUT2D eigenvalue weighted by Gasteiger charge is -2.22. The summed E-state index contributed by atoms with van der Waals surface area (Å²) < 4.78 is 3.59. The SMILES string of the molecule is Cc1ccc([C@@H](NCc2ccccc2)c2ccc3c(c2)c(-c2cccc(Cl)c2)cc(=O)n3C)cc1.Cn1ccnc1. The molecule has 4 aromatic carbocycles. The lowest BCUT2D eigenvalue weighted by molar-refractivity contribution is 0.605. The molecule has 2 heterocycles. The Kier molecular flexibility index (Phi) is 8.78. The van der Waals surface area contributed by atoms with Crippen molar-refractivity contribution in [3.05, 3.63) is 159 Å². The van der Waals surface area contributed by atoms with Gasteiger partial charge in [0.25, 0.3) is 5.56 Å². The number of hydrogen-bond donors (Lipinski definition) is 1. The fourth-order valence-corrected chi connectivity index (χ4v) is 5.07. The van der Waals surface area contributed by atoms with E-state index in [1.165, 1.54) is 16.7 Å². The third-order valence-electron chi connectivity index (χ3n) is 7.14. The van der Waals surface area contributed by atoms with Crippen LogP contribution in [0.1, 0.15) is 28.3 Å². The molecule has 0 saturated heterocycles. The van der Waals surface area contributed by atoms with Crippen LogP contribution >= 0.6 is 11.6 Å². The molecule has 206 valence electrons. The number of aromatic nitrogens is 3. The smallest absolute Gasteiger partial charge is 0.251 e. The monoisotopic (exact) mass is 560 g/mol. The van der Waals surface area contributed by atoms with E-state index in [1.807, 2.05) is 61.3 Å². The minimum Gasteiger partial charge on any atom is -0.341 e. The Morgan fingerprint density at radius 1 is 0.854 bits per heavy atom. The first kappa shape index (κ1) is 28.1. The average molecular weight is 561 g/mol. The Bertz CT molecular complexity index is 1790. The Balaban J connectivity index is 0.000000500. The lowest BCUT2D eigenvalue weighted by atomic mass is 9.93. The molecule has 1 atom stereocenters. The van der Waals surface area contributed by atoms with Gasteiger partial charge in [-0.05, 0) is 59.0 Å². The number of aryl methyl sites for hydroxylation is 3. The summed E-state index contributed by atoms with van der Waals surface area (Å²) in [5.41, 5.74) is 7.46. The van der Waals surface area contributed by atoms with Crippen LogP contribution in [0.5, 0.6) is 0 Å². The highest BCUT2D eigenvalue weighted by Gasteiger charge is 2.17. The third-order valence-corrected chi connectivity index (χ3v) is 7.38. The third kappa shape index (κ3) is 6.83. The van der Waals surface area contributed by atoms with E-state index >= 15 is 0 Å². The summed E-state index contributed by atoms with van der Waals surface area (Å²) in [6.07, 6.45) is 5.39. The fourth-order valence-electron chi connectivity index (χ4n) is 4.88. The zero-order valence-electron chi connectivity index (χ0n) is 23.5. The van der Waals surface area contributed by atoms with Gasteiger partial charge in [0.1, 0.15) is 0 Å². The Morgan fingerprint density at radius 2 is 1.61 bits per heavy atom. The molecule has 41 heavy (non-hydrogen) atoms. The topological polar surface area (TPSA) is 51.9 Å². The van der Waals surface area contributed by atoms with E-state index in [0.717, 1.165) is 34.1 Å². The van der Waals surface area contributed by atoms with Crippen molar-refractivity contribution in [3.63, 3.8) is 0 Å². The normalized spacial score (nSPS) is 11.6. The minimum atomic E-state index is -0.0440. The van der Waals surface area contributed by atoms with Crippen molar-refractivity contribution >= 4 is 22.5 Å². The van der Waals surface area contributed by atoms with Crippen LogP contribution in [0.3, 0.4) is 0 Å². The molecule has 0 aliphatic carbocycles. The van der Waals surface area contributed by atoms with E-state index in [2.05, 4.69) is 77.9 Å². The van der Waals surface area contributed by atoms with Gasteiger partial charge in [-0.2, -0.15) is 0 Å². The molecule has 0 unspecified atom stereocenters. The van der Waals surface area contributed by atoms with Gasteiger partial charge in [-0.1, -0.05) is 90.0 Å². The second-order valence-corrected chi connectivity index (χ2v) is 10.6. The Hall–Kier alpha value is -4.45. The highest BCUT2D eigenvalue weighted by molar-refractivity contribution is 6.30. The van der Waals surface area contributed by atoms with Gasteiger partial charge in [0.2, 0.25) is 0 Å². The molecule has 6 rings (SSSR count). The van der Waals surface area contributed by atoms with Crippen LogP contribution < -0.4 is 10.9 Å². The van der Waals surface area contributed by atoms with E-state index in [1.54, 1.807) is 23.2 Å². The van der Waals surface area contributed by atoms with Gasteiger partial charge in [-0.15, -0.1) is 0 Å². The second kappa shape index (κ2) is 12.8. The van der Waals surface area contributed by atoms with Crippen molar-refractivity contribution in [1.82, 2.24) is 19.4 Å². The summed E-state index contributed by atoms with van der Waals surface area (Å²) in [6, 6.07) is 34.8. The van der Waals surface area contributed by atoms with Gasteiger partial charge in [-0.3, -0.25) is 4.79 Å². The number of rotatable bonds is 6. The van der Waals surface area contributed by atoms with Gasteiger partial charge >= 0.3 is 0 Å². The molecule has 0 aliphatic rings. The number of pyridine rings is 1. The molecule has 0 radical (unpaired) electrons. The maximum Gasteiger partial charge on any atom is 0.251 e. The molecule has 0 bridgehead atoms. The molecule has 0 amide bonds. The summed E-state index contributed by atoms with van der Waals surface area (Å²) in [5, 5.41) is 5.42. The van der Waals surface area contributed by atoms with Gasteiger partial charge in [0.15, 0.2) is 0 Å². The number of imidazole rings is 1. The first-order valence-corrected chi connectivity index (χ1v) is 13.9. The van der Waals surface area contributed by atoms with Crippen LogP contribution in [-0.2, 0) is 20.6 Å². The van der Waals surface area contributed by atoms with Crippen LogP contribution in [0.2, 0.25) is 5.02 Å². The zero-order valence-corrected chi connectivity index (χ0v) is 24.2. The molecule has 5 nitrogen and oxygen atoms in total. The van der Waals surface area contributed by atoms with E-state index < -0.39 is 0 Å². The van der Waals surface area contributed by atoms with Gasteiger partial charge in [0, 0.05) is 49.5 Å². The predicted molar refractivity (Wildman–Crippen MR) is 169 cm³/mol. The largest absolute Gasteiger partial charge is 0.341 e. The fraction of sp³-hybridized carbons (Fsp3) is 0.143. The van der Waals surface area contributed by atoms with Gasteiger partial charge < -0.3 is 14.5 Å². The zero-order chi connectivity index (χ0) is 28.8. The van der Waals surface area contributed by atoms with E-state index in [4.69, 9.17) is 11.6 Å². The molecule has 0 saturated carbocycles. The number of benzene rings is 4. The van der Waals surface area contributed by atoms with Crippen molar-refractivity contribution in [2.24, 2.45) is 14.1 Å². The number of fused-ring (bicyclic) bond motifs is 1. The molecule has 6 heteroatoms. The van der Waals surface area contributed by atoms with E-state index in [-0.39, 0.29) is 11.6 Å². The van der Waals surface area contributed by atoms with E-state index in [9.17, 15) is 4.79 Å². The predicted octanol–water partition coefficient (Wildman–Crippen LogP) is 7.47. The molecular formula is C35H33ClN4O. The highest BCUT2D eigenvalue weighted by Crippen LogP contribution is 2.32. The first-order chi connectivity index (χ1) is 19.9. The average Bonchev–Trinajstić information content (AvgIpc) is 3.47. The maximum absolute atomic E-state index is 12.8. The molecule has 0 aliphatic heterocycles. The molecule has 1 N–H and O–H groups in total. The quantitative estimate of drug-likeness (QED) is 0.230. The van der Waals surface area contributed by atoms with Crippen LogP contribution in [0.25, 0.3) is 22.0 Å². The summed E-state index contributed by atoms with van der Waals surface area (Å²) in [7, 11) is 3.75.